The highest BCUT2D eigenvalue weighted by atomic mass is 19.2. The molecule has 0 amide bonds. The molecule has 2 nitrogen and oxygen atoms in total. The van der Waals surface area contributed by atoms with E-state index in [9.17, 15) is 17.6 Å². The van der Waals surface area contributed by atoms with E-state index in [1.54, 1.807) is 18.3 Å². The van der Waals surface area contributed by atoms with E-state index in [1.807, 2.05) is 0 Å². The van der Waals surface area contributed by atoms with Crippen LogP contribution in [-0.2, 0) is 6.54 Å². The first-order chi connectivity index (χ1) is 8.09. The van der Waals surface area contributed by atoms with E-state index in [4.69, 9.17) is 0 Å². The first-order valence-corrected chi connectivity index (χ1v) is 4.78. The molecule has 2 N–H and O–H groups in total. The summed E-state index contributed by atoms with van der Waals surface area (Å²) in [6, 6.07) is 3.53. The first kappa shape index (κ1) is 11.5. The first-order valence-electron chi connectivity index (χ1n) is 4.78. The summed E-state index contributed by atoms with van der Waals surface area (Å²) in [7, 11) is 0. The topological polar surface area (TPSA) is 27.8 Å². The van der Waals surface area contributed by atoms with Gasteiger partial charge in [0, 0.05) is 18.0 Å². The fourth-order valence-corrected chi connectivity index (χ4v) is 1.39. The smallest absolute Gasteiger partial charge is 0.185 e. The Kier molecular flexibility index (Phi) is 3.03. The highest BCUT2D eigenvalue weighted by Crippen LogP contribution is 2.24. The van der Waals surface area contributed by atoms with Crippen molar-refractivity contribution in [3.05, 3.63) is 53.4 Å². The number of hydrogen-bond donors (Lipinski definition) is 2. The lowest BCUT2D eigenvalue weighted by atomic mass is 10.2. The van der Waals surface area contributed by atoms with Crippen molar-refractivity contribution in [1.29, 1.82) is 0 Å². The molecule has 17 heavy (non-hydrogen) atoms. The summed E-state index contributed by atoms with van der Waals surface area (Å²) >= 11 is 0. The van der Waals surface area contributed by atoms with Crippen molar-refractivity contribution >= 4 is 5.69 Å². The summed E-state index contributed by atoms with van der Waals surface area (Å²) < 4.78 is 52.1. The molecule has 0 aliphatic rings. The Morgan fingerprint density at radius 2 is 1.71 bits per heavy atom. The molecular weight excluding hydrogens is 236 g/mol. The molecule has 0 aliphatic heterocycles. The van der Waals surface area contributed by atoms with Crippen LogP contribution in [0.4, 0.5) is 23.2 Å². The third-order valence-corrected chi connectivity index (χ3v) is 2.23. The maximum Gasteiger partial charge on any atom is 0.185 e. The summed E-state index contributed by atoms with van der Waals surface area (Å²) in [6.07, 6.45) is 1.62. The number of anilines is 1. The number of aromatic nitrogens is 1. The molecule has 1 aromatic carbocycles. The zero-order valence-corrected chi connectivity index (χ0v) is 8.53. The molecule has 0 radical (unpaired) electrons. The second-order valence-electron chi connectivity index (χ2n) is 3.39. The molecule has 0 atom stereocenters. The van der Waals surface area contributed by atoms with E-state index in [1.165, 1.54) is 0 Å². The maximum absolute atomic E-state index is 13.2. The molecule has 0 spiro atoms. The highest BCUT2D eigenvalue weighted by molar-refractivity contribution is 5.47. The van der Waals surface area contributed by atoms with Gasteiger partial charge in [-0.2, -0.15) is 0 Å². The van der Waals surface area contributed by atoms with E-state index >= 15 is 0 Å². The van der Waals surface area contributed by atoms with Crippen molar-refractivity contribution < 1.29 is 17.6 Å². The molecule has 0 aliphatic carbocycles. The summed E-state index contributed by atoms with van der Waals surface area (Å²) in [5, 5.41) is 2.30. The maximum atomic E-state index is 13.2. The normalized spacial score (nSPS) is 10.6. The Morgan fingerprint density at radius 1 is 1.06 bits per heavy atom. The van der Waals surface area contributed by atoms with Gasteiger partial charge in [0.25, 0.3) is 0 Å². The van der Waals surface area contributed by atoms with Crippen LogP contribution in [-0.4, -0.2) is 4.98 Å². The van der Waals surface area contributed by atoms with Crippen LogP contribution in [0.15, 0.2) is 24.4 Å². The second kappa shape index (κ2) is 4.48. The average Bonchev–Trinajstić information content (AvgIpc) is 2.79. The number of hydrogen-bond acceptors (Lipinski definition) is 1. The lowest BCUT2D eigenvalue weighted by molar-refractivity contribution is 0.458. The Balaban J connectivity index is 2.26. The number of aromatic amines is 1. The zero-order chi connectivity index (χ0) is 12.4. The predicted molar refractivity (Wildman–Crippen MR) is 54.4 cm³/mol. The number of nitrogens with one attached hydrogen (secondary N) is 2. The van der Waals surface area contributed by atoms with Crippen LogP contribution >= 0.6 is 0 Å². The van der Waals surface area contributed by atoms with E-state index in [0.29, 0.717) is 5.69 Å². The fourth-order valence-electron chi connectivity index (χ4n) is 1.39. The summed E-state index contributed by atoms with van der Waals surface area (Å²) in [6.45, 7) is 0.0315. The zero-order valence-electron chi connectivity index (χ0n) is 8.53. The predicted octanol–water partition coefficient (Wildman–Crippen LogP) is 3.18. The molecule has 0 unspecified atom stereocenters. The Morgan fingerprint density at radius 3 is 2.24 bits per heavy atom. The van der Waals surface area contributed by atoms with E-state index in [2.05, 4.69) is 10.3 Å². The molecule has 0 saturated heterocycles. The molecule has 1 aromatic heterocycles. The van der Waals surface area contributed by atoms with Crippen molar-refractivity contribution in [2.45, 2.75) is 6.54 Å². The lowest BCUT2D eigenvalue weighted by Gasteiger charge is -2.09. The minimum atomic E-state index is -1.43. The van der Waals surface area contributed by atoms with Crippen LogP contribution in [0.1, 0.15) is 5.69 Å². The molecule has 6 heteroatoms. The molecule has 0 saturated carbocycles. The van der Waals surface area contributed by atoms with Crippen LogP contribution in [0.5, 0.6) is 0 Å². The molecule has 1 heterocycles. The average molecular weight is 244 g/mol. The Bertz CT molecular complexity index is 497. The summed E-state index contributed by atoms with van der Waals surface area (Å²) in [4.78, 5) is 2.78. The van der Waals surface area contributed by atoms with Gasteiger partial charge in [-0.05, 0) is 12.1 Å². The minimum Gasteiger partial charge on any atom is -0.375 e. The van der Waals surface area contributed by atoms with Gasteiger partial charge in [0.05, 0.1) is 6.54 Å². The highest BCUT2D eigenvalue weighted by Gasteiger charge is 2.18. The number of H-pyrrole nitrogens is 1. The summed E-state index contributed by atoms with van der Waals surface area (Å²) in [5.74, 6) is -5.73. The molecule has 2 rings (SSSR count). The molecular formula is C11H8F4N2. The number of rotatable bonds is 3. The standard InChI is InChI=1S/C11H8F4N2/c12-7-4-8(13)10(15)11(9(7)14)17-5-6-2-1-3-16-6/h1-4,16-17H,5H2. The van der Waals surface area contributed by atoms with Gasteiger partial charge in [-0.25, -0.2) is 17.6 Å². The van der Waals surface area contributed by atoms with Gasteiger partial charge in [0.1, 0.15) is 5.69 Å². The lowest BCUT2D eigenvalue weighted by Crippen LogP contribution is -2.07. The van der Waals surface area contributed by atoms with Gasteiger partial charge >= 0.3 is 0 Å². The van der Waals surface area contributed by atoms with Crippen molar-refractivity contribution in [1.82, 2.24) is 4.98 Å². The van der Waals surface area contributed by atoms with Crippen LogP contribution in [0.25, 0.3) is 0 Å². The fraction of sp³-hybridized carbons (Fsp3) is 0.0909. The van der Waals surface area contributed by atoms with E-state index < -0.39 is 29.0 Å². The van der Waals surface area contributed by atoms with Crippen molar-refractivity contribution in [2.24, 2.45) is 0 Å². The van der Waals surface area contributed by atoms with Crippen molar-refractivity contribution in [2.75, 3.05) is 5.32 Å². The molecule has 90 valence electrons. The summed E-state index contributed by atoms with van der Waals surface area (Å²) in [5.41, 5.74) is -0.175. The van der Waals surface area contributed by atoms with Crippen molar-refractivity contribution in [3.63, 3.8) is 0 Å². The SMILES string of the molecule is Fc1cc(F)c(F)c(NCc2ccc[nH]2)c1F. The molecule has 2 aromatic rings. The Labute approximate surface area is 94.3 Å². The van der Waals surface area contributed by atoms with Crippen molar-refractivity contribution in [3.8, 4) is 0 Å². The van der Waals surface area contributed by atoms with Gasteiger partial charge < -0.3 is 10.3 Å². The third kappa shape index (κ3) is 2.25. The van der Waals surface area contributed by atoms with E-state index in [-0.39, 0.29) is 12.6 Å². The van der Waals surface area contributed by atoms with Gasteiger partial charge in [-0.3, -0.25) is 0 Å². The van der Waals surface area contributed by atoms with Crippen LogP contribution in [0, 0.1) is 23.3 Å². The van der Waals surface area contributed by atoms with Crippen LogP contribution < -0.4 is 5.32 Å². The van der Waals surface area contributed by atoms with Crippen LogP contribution in [0.3, 0.4) is 0 Å². The third-order valence-electron chi connectivity index (χ3n) is 2.23. The Hall–Kier alpha value is -1.98. The molecule has 0 bridgehead atoms. The van der Waals surface area contributed by atoms with Crippen LogP contribution in [0.2, 0.25) is 0 Å². The van der Waals surface area contributed by atoms with Gasteiger partial charge in [-0.15, -0.1) is 0 Å². The van der Waals surface area contributed by atoms with Gasteiger partial charge in [-0.1, -0.05) is 0 Å². The second-order valence-corrected chi connectivity index (χ2v) is 3.39. The van der Waals surface area contributed by atoms with Gasteiger partial charge in [0.15, 0.2) is 23.3 Å². The number of benzene rings is 1. The van der Waals surface area contributed by atoms with Gasteiger partial charge in [0.2, 0.25) is 0 Å². The monoisotopic (exact) mass is 244 g/mol. The minimum absolute atomic E-state index is 0.0315. The quantitative estimate of drug-likeness (QED) is 0.629. The van der Waals surface area contributed by atoms with E-state index in [0.717, 1.165) is 0 Å². The largest absolute Gasteiger partial charge is 0.375 e. The molecule has 0 fully saturated rings. The number of halogens is 4.